The number of halogens is 3. The average Bonchev–Trinajstić information content (AvgIpc) is 2.26. The number of aliphatic hydroxyl groups is 1. The number of ether oxygens (including phenoxy) is 1. The fraction of sp³-hybridized carbons (Fsp3) is 0.571. The third-order valence-electron chi connectivity index (χ3n) is 3.48. The van der Waals surface area contributed by atoms with Gasteiger partial charge >= 0.3 is 6.18 Å². The first kappa shape index (κ1) is 14.3. The molecule has 1 aliphatic rings. The van der Waals surface area contributed by atoms with E-state index in [1.54, 1.807) is 0 Å². The van der Waals surface area contributed by atoms with E-state index in [1.807, 2.05) is 13.8 Å². The first-order valence-corrected chi connectivity index (χ1v) is 6.17. The molecule has 1 atom stereocenters. The van der Waals surface area contributed by atoms with E-state index in [4.69, 9.17) is 4.74 Å². The van der Waals surface area contributed by atoms with Crippen molar-refractivity contribution >= 4 is 0 Å². The maximum Gasteiger partial charge on any atom is 0.416 e. The molecule has 1 N–H and O–H groups in total. The molecule has 0 aromatic heterocycles. The molecule has 1 unspecified atom stereocenters. The molecule has 0 saturated carbocycles. The average molecular weight is 274 g/mol. The van der Waals surface area contributed by atoms with Crippen molar-refractivity contribution in [2.45, 2.75) is 44.1 Å². The van der Waals surface area contributed by atoms with Crippen molar-refractivity contribution in [3.8, 4) is 0 Å². The number of hydrogen-bond donors (Lipinski definition) is 1. The molecule has 1 saturated heterocycles. The molecule has 1 heterocycles. The summed E-state index contributed by atoms with van der Waals surface area (Å²) < 4.78 is 43.0. The molecule has 2 nitrogen and oxygen atoms in total. The summed E-state index contributed by atoms with van der Waals surface area (Å²) in [7, 11) is 0. The molecule has 1 aromatic carbocycles. The molecule has 0 radical (unpaired) electrons. The van der Waals surface area contributed by atoms with Crippen molar-refractivity contribution in [3.05, 3.63) is 35.4 Å². The second kappa shape index (κ2) is 4.49. The van der Waals surface area contributed by atoms with Crippen LogP contribution in [0.4, 0.5) is 13.2 Å². The molecule has 106 valence electrons. The minimum atomic E-state index is -4.35. The summed E-state index contributed by atoms with van der Waals surface area (Å²) in [5.41, 5.74) is -1.79. The molecule has 1 aliphatic heterocycles. The van der Waals surface area contributed by atoms with Gasteiger partial charge in [-0.3, -0.25) is 0 Å². The highest BCUT2D eigenvalue weighted by Gasteiger charge is 2.41. The first-order valence-electron chi connectivity index (χ1n) is 6.17. The minimum Gasteiger partial charge on any atom is -0.385 e. The topological polar surface area (TPSA) is 29.5 Å². The van der Waals surface area contributed by atoms with E-state index in [0.29, 0.717) is 25.0 Å². The van der Waals surface area contributed by atoms with Gasteiger partial charge in [0.2, 0.25) is 0 Å². The van der Waals surface area contributed by atoms with E-state index in [9.17, 15) is 18.3 Å². The molecule has 19 heavy (non-hydrogen) atoms. The van der Waals surface area contributed by atoms with Crippen molar-refractivity contribution < 1.29 is 23.0 Å². The zero-order chi connectivity index (χ0) is 14.3. The summed E-state index contributed by atoms with van der Waals surface area (Å²) in [6, 6.07) is 4.72. The number of rotatable bonds is 1. The molecule has 1 aromatic rings. The van der Waals surface area contributed by atoms with E-state index in [0.717, 1.165) is 12.1 Å². The SMILES string of the molecule is CC1(C)CC(O)(c2ccc(C(F)(F)F)cc2)CCO1. The lowest BCUT2D eigenvalue weighted by molar-refractivity contribution is -0.148. The standard InChI is InChI=1S/C14H17F3O2/c1-12(2)9-13(18,7-8-19-12)10-3-5-11(6-4-10)14(15,16)17/h3-6,18H,7-9H2,1-2H3. The Morgan fingerprint density at radius 3 is 2.21 bits per heavy atom. The van der Waals surface area contributed by atoms with Gasteiger partial charge in [0.1, 0.15) is 0 Å². The molecule has 0 bridgehead atoms. The maximum atomic E-state index is 12.5. The first-order chi connectivity index (χ1) is 8.62. The molecular formula is C14H17F3O2. The van der Waals surface area contributed by atoms with E-state index in [1.165, 1.54) is 12.1 Å². The highest BCUT2D eigenvalue weighted by molar-refractivity contribution is 5.29. The van der Waals surface area contributed by atoms with Gasteiger partial charge in [-0.1, -0.05) is 12.1 Å². The van der Waals surface area contributed by atoms with Gasteiger partial charge in [0.05, 0.1) is 23.4 Å². The summed E-state index contributed by atoms with van der Waals surface area (Å²) in [6.07, 6.45) is -3.59. The zero-order valence-corrected chi connectivity index (χ0v) is 10.9. The highest BCUT2D eigenvalue weighted by Crippen LogP contribution is 2.40. The fourth-order valence-corrected chi connectivity index (χ4v) is 2.56. The lowest BCUT2D eigenvalue weighted by Crippen LogP contribution is -2.43. The summed E-state index contributed by atoms with van der Waals surface area (Å²) in [5.74, 6) is 0. The lowest BCUT2D eigenvalue weighted by Gasteiger charge is -2.41. The summed E-state index contributed by atoms with van der Waals surface area (Å²) in [5, 5.41) is 10.6. The highest BCUT2D eigenvalue weighted by atomic mass is 19.4. The Balaban J connectivity index is 2.26. The van der Waals surface area contributed by atoms with Crippen LogP contribution in [0.25, 0.3) is 0 Å². The number of benzene rings is 1. The van der Waals surface area contributed by atoms with Gasteiger partial charge in [-0.05, 0) is 31.5 Å². The smallest absolute Gasteiger partial charge is 0.385 e. The van der Waals surface area contributed by atoms with Crippen molar-refractivity contribution in [2.24, 2.45) is 0 Å². The predicted octanol–water partition coefficient (Wildman–Crippen LogP) is 3.48. The molecule has 2 rings (SSSR count). The van der Waals surface area contributed by atoms with E-state index >= 15 is 0 Å². The largest absolute Gasteiger partial charge is 0.416 e. The predicted molar refractivity (Wildman–Crippen MR) is 64.6 cm³/mol. The molecular weight excluding hydrogens is 257 g/mol. The van der Waals surface area contributed by atoms with Crippen LogP contribution in [-0.4, -0.2) is 17.3 Å². The van der Waals surface area contributed by atoms with Crippen LogP contribution in [0, 0.1) is 0 Å². The van der Waals surface area contributed by atoms with Gasteiger partial charge in [0.25, 0.3) is 0 Å². The second-order valence-corrected chi connectivity index (χ2v) is 5.64. The van der Waals surface area contributed by atoms with Gasteiger partial charge in [-0.2, -0.15) is 13.2 Å². The molecule has 0 spiro atoms. The number of hydrogen-bond acceptors (Lipinski definition) is 2. The van der Waals surface area contributed by atoms with Crippen LogP contribution in [-0.2, 0) is 16.5 Å². The van der Waals surface area contributed by atoms with Gasteiger partial charge < -0.3 is 9.84 Å². The Hall–Kier alpha value is -1.07. The summed E-state index contributed by atoms with van der Waals surface area (Å²) >= 11 is 0. The monoisotopic (exact) mass is 274 g/mol. The zero-order valence-electron chi connectivity index (χ0n) is 10.9. The van der Waals surface area contributed by atoms with E-state index in [2.05, 4.69) is 0 Å². The van der Waals surface area contributed by atoms with Crippen LogP contribution in [0.15, 0.2) is 24.3 Å². The minimum absolute atomic E-state index is 0.366. The Morgan fingerprint density at radius 2 is 1.74 bits per heavy atom. The van der Waals surface area contributed by atoms with Crippen LogP contribution in [0.1, 0.15) is 37.8 Å². The van der Waals surface area contributed by atoms with Crippen molar-refractivity contribution in [2.75, 3.05) is 6.61 Å². The summed E-state index contributed by atoms with van der Waals surface area (Å²) in [4.78, 5) is 0. The van der Waals surface area contributed by atoms with Crippen LogP contribution < -0.4 is 0 Å². The lowest BCUT2D eigenvalue weighted by atomic mass is 9.79. The Bertz CT molecular complexity index is 451. The quantitative estimate of drug-likeness (QED) is 0.849. The Labute approximate surface area is 110 Å². The van der Waals surface area contributed by atoms with Crippen LogP contribution in [0.2, 0.25) is 0 Å². The third kappa shape index (κ3) is 3.09. The van der Waals surface area contributed by atoms with Crippen LogP contribution in [0.5, 0.6) is 0 Å². The van der Waals surface area contributed by atoms with Gasteiger partial charge in [-0.15, -0.1) is 0 Å². The maximum absolute atomic E-state index is 12.5. The molecule has 0 amide bonds. The van der Waals surface area contributed by atoms with Crippen LogP contribution >= 0.6 is 0 Å². The van der Waals surface area contributed by atoms with Gasteiger partial charge in [0.15, 0.2) is 0 Å². The normalized spacial score (nSPS) is 27.3. The van der Waals surface area contributed by atoms with Crippen LogP contribution in [0.3, 0.4) is 0 Å². The second-order valence-electron chi connectivity index (χ2n) is 5.64. The Morgan fingerprint density at radius 1 is 1.16 bits per heavy atom. The number of alkyl halides is 3. The molecule has 1 fully saturated rings. The van der Waals surface area contributed by atoms with Gasteiger partial charge in [0, 0.05) is 12.8 Å². The van der Waals surface area contributed by atoms with E-state index in [-0.39, 0.29) is 0 Å². The Kier molecular flexibility index (Phi) is 3.39. The van der Waals surface area contributed by atoms with E-state index < -0.39 is 22.9 Å². The van der Waals surface area contributed by atoms with Crippen molar-refractivity contribution in [3.63, 3.8) is 0 Å². The van der Waals surface area contributed by atoms with Crippen molar-refractivity contribution in [1.82, 2.24) is 0 Å². The molecule has 5 heteroatoms. The molecule has 0 aliphatic carbocycles. The summed E-state index contributed by atoms with van der Waals surface area (Å²) in [6.45, 7) is 4.12. The third-order valence-corrected chi connectivity index (χ3v) is 3.48. The fourth-order valence-electron chi connectivity index (χ4n) is 2.56. The van der Waals surface area contributed by atoms with Gasteiger partial charge in [-0.25, -0.2) is 0 Å². The van der Waals surface area contributed by atoms with Crippen molar-refractivity contribution in [1.29, 1.82) is 0 Å².